The molecular weight excluding hydrogens is 387 g/mol. The van der Waals surface area contributed by atoms with E-state index >= 15 is 0 Å². The Morgan fingerprint density at radius 3 is 2.78 bits per heavy atom. The van der Waals surface area contributed by atoms with Gasteiger partial charge in [-0.3, -0.25) is 4.79 Å². The quantitative estimate of drug-likeness (QED) is 0.800. The second-order valence-electron chi connectivity index (χ2n) is 7.22. The predicted molar refractivity (Wildman–Crippen MR) is 108 cm³/mol. The molecule has 0 radical (unpaired) electrons. The van der Waals surface area contributed by atoms with Crippen LogP contribution in [0.25, 0.3) is 11.4 Å². The molecule has 2 atom stereocenters. The zero-order valence-electron chi connectivity index (χ0n) is 15.7. The molecule has 0 saturated carbocycles. The number of amides is 1. The van der Waals surface area contributed by atoms with Crippen molar-refractivity contribution in [1.82, 2.24) is 15.0 Å². The molecule has 0 aliphatic carbocycles. The summed E-state index contributed by atoms with van der Waals surface area (Å²) in [5, 5.41) is 4.74. The number of nitrogens with zero attached hydrogens (tertiary/aromatic N) is 3. The van der Waals surface area contributed by atoms with Crippen LogP contribution in [0.15, 0.2) is 28.8 Å². The number of piperidine rings is 1. The number of aromatic nitrogens is 2. The summed E-state index contributed by atoms with van der Waals surface area (Å²) in [7, 11) is 0. The van der Waals surface area contributed by atoms with Gasteiger partial charge in [0.25, 0.3) is 0 Å². The molecule has 148 valence electrons. The first-order valence-corrected chi connectivity index (χ1v) is 9.46. The van der Waals surface area contributed by atoms with Crippen molar-refractivity contribution >= 4 is 29.9 Å². The van der Waals surface area contributed by atoms with E-state index < -0.39 is 5.54 Å². The molecule has 27 heavy (non-hydrogen) atoms. The van der Waals surface area contributed by atoms with Crippen molar-refractivity contribution in [2.45, 2.75) is 51.0 Å². The maximum absolute atomic E-state index is 12.8. The number of hydrogen-bond donors (Lipinski definition) is 1. The van der Waals surface area contributed by atoms with Crippen molar-refractivity contribution in [3.05, 3.63) is 35.2 Å². The summed E-state index contributed by atoms with van der Waals surface area (Å²) in [6.07, 6.45) is 3.37. The van der Waals surface area contributed by atoms with Crippen molar-refractivity contribution in [2.24, 2.45) is 5.73 Å². The molecule has 1 amide bonds. The fourth-order valence-electron chi connectivity index (χ4n) is 3.47. The first kappa shape index (κ1) is 21.7. The first-order valence-electron chi connectivity index (χ1n) is 9.08. The Labute approximate surface area is 170 Å². The summed E-state index contributed by atoms with van der Waals surface area (Å²) < 4.78 is 5.49. The number of benzene rings is 1. The van der Waals surface area contributed by atoms with Crippen LogP contribution in [0.4, 0.5) is 0 Å². The van der Waals surface area contributed by atoms with Gasteiger partial charge in [-0.05, 0) is 50.5 Å². The Balaban J connectivity index is 0.00000261. The lowest BCUT2D eigenvalue weighted by Crippen LogP contribution is -2.55. The lowest BCUT2D eigenvalue weighted by Gasteiger charge is -2.36. The average Bonchev–Trinajstić information content (AvgIpc) is 3.12. The van der Waals surface area contributed by atoms with Crippen LogP contribution in [0.2, 0.25) is 5.02 Å². The Kier molecular flexibility index (Phi) is 7.25. The van der Waals surface area contributed by atoms with E-state index in [0.29, 0.717) is 29.7 Å². The molecule has 8 heteroatoms. The van der Waals surface area contributed by atoms with Gasteiger partial charge in [-0.1, -0.05) is 30.1 Å². The van der Waals surface area contributed by atoms with E-state index in [0.717, 1.165) is 31.4 Å². The zero-order chi connectivity index (χ0) is 18.7. The molecular formula is C19H26Cl2N4O2. The minimum atomic E-state index is -0.819. The molecule has 2 aromatic rings. The molecule has 6 nitrogen and oxygen atoms in total. The minimum Gasteiger partial charge on any atom is -0.340 e. The van der Waals surface area contributed by atoms with Gasteiger partial charge in [-0.15, -0.1) is 12.4 Å². The summed E-state index contributed by atoms with van der Waals surface area (Å²) in [6, 6.07) is 7.31. The normalized spacial score (nSPS) is 19.3. The van der Waals surface area contributed by atoms with Crippen LogP contribution in [-0.4, -0.2) is 39.6 Å². The largest absolute Gasteiger partial charge is 0.340 e. The fraction of sp³-hybridized carbons (Fsp3) is 0.526. The van der Waals surface area contributed by atoms with Gasteiger partial charge in [0, 0.05) is 23.7 Å². The Morgan fingerprint density at radius 1 is 1.41 bits per heavy atom. The third-order valence-corrected chi connectivity index (χ3v) is 5.11. The van der Waals surface area contributed by atoms with Gasteiger partial charge in [-0.25, -0.2) is 0 Å². The highest BCUT2D eigenvalue weighted by atomic mass is 35.5. The van der Waals surface area contributed by atoms with Gasteiger partial charge in [-0.2, -0.15) is 4.98 Å². The molecule has 2 heterocycles. The Bertz CT molecular complexity index is 761. The van der Waals surface area contributed by atoms with Crippen LogP contribution in [0, 0.1) is 0 Å². The lowest BCUT2D eigenvalue weighted by atomic mass is 9.92. The number of halogens is 2. The number of nitrogens with two attached hydrogens (primary N) is 1. The molecule has 1 aromatic heterocycles. The maximum atomic E-state index is 12.8. The summed E-state index contributed by atoms with van der Waals surface area (Å²) in [5.41, 5.74) is 6.26. The van der Waals surface area contributed by atoms with Crippen molar-refractivity contribution in [3.63, 3.8) is 0 Å². The van der Waals surface area contributed by atoms with E-state index in [9.17, 15) is 4.79 Å². The topological polar surface area (TPSA) is 85.3 Å². The third kappa shape index (κ3) is 5.00. The van der Waals surface area contributed by atoms with Crippen LogP contribution >= 0.6 is 24.0 Å². The third-order valence-electron chi connectivity index (χ3n) is 4.86. The molecule has 0 spiro atoms. The van der Waals surface area contributed by atoms with Crippen molar-refractivity contribution in [3.8, 4) is 11.4 Å². The summed E-state index contributed by atoms with van der Waals surface area (Å²) in [4.78, 5) is 19.1. The van der Waals surface area contributed by atoms with Gasteiger partial charge >= 0.3 is 0 Å². The number of rotatable bonds is 5. The Hall–Kier alpha value is -1.63. The highest BCUT2D eigenvalue weighted by molar-refractivity contribution is 6.30. The van der Waals surface area contributed by atoms with Crippen molar-refractivity contribution < 1.29 is 9.32 Å². The van der Waals surface area contributed by atoms with Crippen LogP contribution in [0.1, 0.15) is 51.3 Å². The molecule has 3 rings (SSSR count). The number of hydrogen-bond acceptors (Lipinski definition) is 5. The van der Waals surface area contributed by atoms with E-state index in [1.807, 2.05) is 30.9 Å². The molecule has 1 saturated heterocycles. The van der Waals surface area contributed by atoms with Crippen molar-refractivity contribution in [2.75, 3.05) is 13.1 Å². The number of carbonyl (C=O) groups is 1. The zero-order valence-corrected chi connectivity index (χ0v) is 17.2. The second-order valence-corrected chi connectivity index (χ2v) is 7.66. The van der Waals surface area contributed by atoms with E-state index in [-0.39, 0.29) is 24.2 Å². The van der Waals surface area contributed by atoms with E-state index in [1.54, 1.807) is 12.1 Å². The molecule has 0 bridgehead atoms. The van der Waals surface area contributed by atoms with Gasteiger partial charge in [0.2, 0.25) is 17.6 Å². The molecule has 1 aliphatic heterocycles. The van der Waals surface area contributed by atoms with Gasteiger partial charge in [0.15, 0.2) is 0 Å². The lowest BCUT2D eigenvalue weighted by molar-refractivity contribution is -0.138. The standard InChI is InChI=1S/C19H25ClN4O2.ClH/c1-3-10-19(2,21)18(25)24-11-4-5-14(12-24)17-22-16(23-26-17)13-6-8-15(20)9-7-13;/h6-9,14H,3-5,10-12,21H2,1-2H3;1H. The van der Waals surface area contributed by atoms with Crippen LogP contribution < -0.4 is 5.73 Å². The molecule has 1 aromatic carbocycles. The second kappa shape index (κ2) is 9.04. The van der Waals surface area contributed by atoms with Crippen molar-refractivity contribution in [1.29, 1.82) is 0 Å². The average molecular weight is 413 g/mol. The first-order chi connectivity index (χ1) is 12.4. The summed E-state index contributed by atoms with van der Waals surface area (Å²) >= 11 is 5.92. The van der Waals surface area contributed by atoms with E-state index in [2.05, 4.69) is 10.1 Å². The maximum Gasteiger partial charge on any atom is 0.242 e. The molecule has 2 unspecified atom stereocenters. The predicted octanol–water partition coefficient (Wildman–Crippen LogP) is 4.04. The van der Waals surface area contributed by atoms with E-state index in [1.165, 1.54) is 0 Å². The summed E-state index contributed by atoms with van der Waals surface area (Å²) in [6.45, 7) is 5.14. The minimum absolute atomic E-state index is 0. The fourth-order valence-corrected chi connectivity index (χ4v) is 3.59. The van der Waals surface area contributed by atoms with Gasteiger partial charge in [0.1, 0.15) is 0 Å². The molecule has 2 N–H and O–H groups in total. The van der Waals surface area contributed by atoms with Crippen LogP contribution in [0.3, 0.4) is 0 Å². The highest BCUT2D eigenvalue weighted by Gasteiger charge is 2.36. The van der Waals surface area contributed by atoms with Crippen LogP contribution in [-0.2, 0) is 4.79 Å². The highest BCUT2D eigenvalue weighted by Crippen LogP contribution is 2.29. The van der Waals surface area contributed by atoms with E-state index in [4.69, 9.17) is 21.9 Å². The summed E-state index contributed by atoms with van der Waals surface area (Å²) in [5.74, 6) is 1.15. The van der Waals surface area contributed by atoms with Gasteiger partial charge in [0.05, 0.1) is 11.5 Å². The molecule has 1 fully saturated rings. The van der Waals surface area contributed by atoms with Gasteiger partial charge < -0.3 is 15.2 Å². The SMILES string of the molecule is CCCC(C)(N)C(=O)N1CCCC(c2nc(-c3ccc(Cl)cc3)no2)C1.Cl. The molecule has 1 aliphatic rings. The Morgan fingerprint density at radius 2 is 2.11 bits per heavy atom. The monoisotopic (exact) mass is 412 g/mol. The number of likely N-dealkylation sites (tertiary alicyclic amines) is 1. The number of carbonyl (C=O) groups excluding carboxylic acids is 1. The smallest absolute Gasteiger partial charge is 0.242 e. The van der Waals surface area contributed by atoms with Crippen LogP contribution in [0.5, 0.6) is 0 Å².